The molecule has 0 bridgehead atoms. The fourth-order valence-corrected chi connectivity index (χ4v) is 4.94. The maximum atomic E-state index is 2.31. The van der Waals surface area contributed by atoms with Gasteiger partial charge < -0.3 is 0 Å². The predicted molar refractivity (Wildman–Crippen MR) is 96.1 cm³/mol. The summed E-state index contributed by atoms with van der Waals surface area (Å²) in [6.07, 6.45) is 18.8. The summed E-state index contributed by atoms with van der Waals surface area (Å²) in [7, 11) is 0.422. The highest BCUT2D eigenvalue weighted by atomic mass is 31.1. The number of hydrogen-bond acceptors (Lipinski definition) is 0. The Labute approximate surface area is 125 Å². The Morgan fingerprint density at radius 1 is 0.421 bits per heavy atom. The van der Waals surface area contributed by atoms with Gasteiger partial charge >= 0.3 is 0 Å². The van der Waals surface area contributed by atoms with E-state index in [1.807, 2.05) is 0 Å². The van der Waals surface area contributed by atoms with Gasteiger partial charge in [-0.3, -0.25) is 0 Å². The standard InChI is InChI=1S/C12H27P.C6H14/c1-4-7-10-13(11-8-5-2)12-9-6-3;1-3-5-6-4-2/h4-12H2,1-3H3;3-6H2,1-2H3. The molecule has 0 saturated carbocycles. The van der Waals surface area contributed by atoms with Crippen molar-refractivity contribution in [3.8, 4) is 0 Å². The Kier molecular flexibility index (Phi) is 23.7. The molecule has 0 atom stereocenters. The quantitative estimate of drug-likeness (QED) is 0.258. The molecule has 0 rings (SSSR count). The van der Waals surface area contributed by atoms with Gasteiger partial charge in [-0.2, -0.15) is 0 Å². The number of hydrogen-bond donors (Lipinski definition) is 0. The van der Waals surface area contributed by atoms with Crippen molar-refractivity contribution in [2.75, 3.05) is 18.5 Å². The van der Waals surface area contributed by atoms with Crippen LogP contribution in [0.3, 0.4) is 0 Å². The lowest BCUT2D eigenvalue weighted by Crippen LogP contribution is -1.95. The van der Waals surface area contributed by atoms with Crippen molar-refractivity contribution in [3.05, 3.63) is 0 Å². The van der Waals surface area contributed by atoms with Crippen LogP contribution in [0.5, 0.6) is 0 Å². The third-order valence-corrected chi connectivity index (χ3v) is 6.29. The summed E-state index contributed by atoms with van der Waals surface area (Å²) in [5.74, 6) is 0. The average Bonchev–Trinajstić information content (AvgIpc) is 2.45. The fourth-order valence-electron chi connectivity index (χ4n) is 1.98. The summed E-state index contributed by atoms with van der Waals surface area (Å²) in [6, 6.07) is 0. The molecular formula is C18H41P. The van der Waals surface area contributed by atoms with Crippen LogP contribution in [0.2, 0.25) is 0 Å². The van der Waals surface area contributed by atoms with Crippen LogP contribution in [0.15, 0.2) is 0 Å². The molecule has 0 aromatic carbocycles. The first-order valence-electron chi connectivity index (χ1n) is 8.98. The second-order valence-electron chi connectivity index (χ2n) is 5.61. The Morgan fingerprint density at radius 2 is 0.684 bits per heavy atom. The summed E-state index contributed by atoms with van der Waals surface area (Å²) in [4.78, 5) is 0. The molecule has 19 heavy (non-hydrogen) atoms. The van der Waals surface area contributed by atoms with Gasteiger partial charge in [-0.15, -0.1) is 7.92 Å². The van der Waals surface area contributed by atoms with Crippen LogP contribution in [0, 0.1) is 0 Å². The molecule has 118 valence electrons. The monoisotopic (exact) mass is 288 g/mol. The molecule has 0 aliphatic carbocycles. The molecule has 0 aromatic heterocycles. The van der Waals surface area contributed by atoms with Crippen molar-refractivity contribution < 1.29 is 0 Å². The minimum Gasteiger partial charge on any atom is -0.107 e. The highest BCUT2D eigenvalue weighted by Crippen LogP contribution is 2.38. The molecule has 0 aliphatic heterocycles. The first-order valence-corrected chi connectivity index (χ1v) is 10.9. The highest BCUT2D eigenvalue weighted by molar-refractivity contribution is 7.57. The van der Waals surface area contributed by atoms with Crippen molar-refractivity contribution in [2.24, 2.45) is 0 Å². The molecule has 0 aliphatic rings. The maximum Gasteiger partial charge on any atom is -0.0326 e. The van der Waals surface area contributed by atoms with Crippen LogP contribution in [-0.4, -0.2) is 18.5 Å². The zero-order chi connectivity index (χ0) is 14.8. The largest absolute Gasteiger partial charge is 0.107 e. The van der Waals surface area contributed by atoms with Crippen molar-refractivity contribution in [1.29, 1.82) is 0 Å². The van der Waals surface area contributed by atoms with Gasteiger partial charge in [-0.05, 0) is 37.7 Å². The van der Waals surface area contributed by atoms with E-state index in [1.165, 1.54) is 64.2 Å². The summed E-state index contributed by atoms with van der Waals surface area (Å²) in [6.45, 7) is 11.4. The SMILES string of the molecule is CCCCCC.CCCCP(CCCC)CCCC. The van der Waals surface area contributed by atoms with E-state index in [-0.39, 0.29) is 0 Å². The van der Waals surface area contributed by atoms with Crippen molar-refractivity contribution in [2.45, 2.75) is 98.8 Å². The summed E-state index contributed by atoms with van der Waals surface area (Å²) >= 11 is 0. The predicted octanol–water partition coefficient (Wildman–Crippen LogP) is 7.46. The van der Waals surface area contributed by atoms with Crippen LogP contribution in [-0.2, 0) is 0 Å². The lowest BCUT2D eigenvalue weighted by molar-refractivity contribution is 0.702. The van der Waals surface area contributed by atoms with E-state index < -0.39 is 0 Å². The second-order valence-corrected chi connectivity index (χ2v) is 8.29. The first-order chi connectivity index (χ1) is 9.26. The van der Waals surface area contributed by atoms with E-state index in [9.17, 15) is 0 Å². The topological polar surface area (TPSA) is 0 Å². The summed E-state index contributed by atoms with van der Waals surface area (Å²) < 4.78 is 0. The van der Waals surface area contributed by atoms with Gasteiger partial charge in [0.1, 0.15) is 0 Å². The Bertz CT molecular complexity index is 111. The van der Waals surface area contributed by atoms with Crippen molar-refractivity contribution >= 4 is 7.92 Å². The average molecular weight is 288 g/mol. The molecule has 0 amide bonds. The van der Waals surface area contributed by atoms with Crippen molar-refractivity contribution in [1.82, 2.24) is 0 Å². The van der Waals surface area contributed by atoms with Crippen LogP contribution in [0.25, 0.3) is 0 Å². The number of unbranched alkanes of at least 4 members (excludes halogenated alkanes) is 6. The van der Waals surface area contributed by atoms with Crippen LogP contribution in [0.1, 0.15) is 98.8 Å². The van der Waals surface area contributed by atoms with E-state index in [0.717, 1.165) is 0 Å². The normalized spacial score (nSPS) is 10.4. The number of rotatable bonds is 12. The van der Waals surface area contributed by atoms with E-state index in [1.54, 1.807) is 18.5 Å². The summed E-state index contributed by atoms with van der Waals surface area (Å²) in [5, 5.41) is 0. The highest BCUT2D eigenvalue weighted by Gasteiger charge is 2.05. The van der Waals surface area contributed by atoms with Gasteiger partial charge in [0.25, 0.3) is 0 Å². The third-order valence-electron chi connectivity index (χ3n) is 3.44. The van der Waals surface area contributed by atoms with Gasteiger partial charge in [0.2, 0.25) is 0 Å². The second kappa shape index (κ2) is 20.7. The maximum absolute atomic E-state index is 2.31. The Morgan fingerprint density at radius 3 is 0.895 bits per heavy atom. The minimum absolute atomic E-state index is 0.422. The van der Waals surface area contributed by atoms with E-state index >= 15 is 0 Å². The zero-order valence-corrected chi connectivity index (χ0v) is 15.5. The third kappa shape index (κ3) is 20.9. The lowest BCUT2D eigenvalue weighted by atomic mass is 10.2. The molecule has 0 aromatic rings. The molecule has 1 heteroatoms. The summed E-state index contributed by atoms with van der Waals surface area (Å²) in [5.41, 5.74) is 0. The minimum atomic E-state index is 0.422. The smallest absolute Gasteiger partial charge is 0.0326 e. The van der Waals surface area contributed by atoms with Gasteiger partial charge in [0, 0.05) is 0 Å². The first kappa shape index (κ1) is 21.7. The molecular weight excluding hydrogens is 247 g/mol. The van der Waals surface area contributed by atoms with E-state index in [2.05, 4.69) is 34.6 Å². The molecule has 0 spiro atoms. The molecule has 0 fully saturated rings. The molecule has 0 radical (unpaired) electrons. The van der Waals surface area contributed by atoms with E-state index in [0.29, 0.717) is 7.92 Å². The van der Waals surface area contributed by atoms with Gasteiger partial charge in [0.05, 0.1) is 0 Å². The molecule has 0 nitrogen and oxygen atoms in total. The van der Waals surface area contributed by atoms with Crippen LogP contribution >= 0.6 is 7.92 Å². The fraction of sp³-hybridized carbons (Fsp3) is 1.00. The molecule has 0 saturated heterocycles. The van der Waals surface area contributed by atoms with Crippen LogP contribution in [0.4, 0.5) is 0 Å². The van der Waals surface area contributed by atoms with E-state index in [4.69, 9.17) is 0 Å². The lowest BCUT2D eigenvalue weighted by Gasteiger charge is -2.16. The Hall–Kier alpha value is 0.430. The molecule has 0 heterocycles. The Balaban J connectivity index is 0. The van der Waals surface area contributed by atoms with Gasteiger partial charge in [-0.1, -0.05) is 79.6 Å². The molecule has 0 unspecified atom stereocenters. The van der Waals surface area contributed by atoms with Gasteiger partial charge in [-0.25, -0.2) is 0 Å². The van der Waals surface area contributed by atoms with Gasteiger partial charge in [0.15, 0.2) is 0 Å². The van der Waals surface area contributed by atoms with Crippen molar-refractivity contribution in [3.63, 3.8) is 0 Å². The van der Waals surface area contributed by atoms with Crippen LogP contribution < -0.4 is 0 Å². The zero-order valence-electron chi connectivity index (χ0n) is 14.6. The molecule has 0 N–H and O–H groups in total.